The van der Waals surface area contributed by atoms with E-state index in [9.17, 15) is 9.59 Å². The van der Waals surface area contributed by atoms with Gasteiger partial charge in [-0.05, 0) is 42.5 Å². The maximum atomic E-state index is 11.1. The van der Waals surface area contributed by atoms with Crippen molar-refractivity contribution in [2.24, 2.45) is 0 Å². The summed E-state index contributed by atoms with van der Waals surface area (Å²) in [7, 11) is 0. The molecule has 0 amide bonds. The largest absolute Gasteiger partial charge is 0.478 e. The summed E-state index contributed by atoms with van der Waals surface area (Å²) in [4.78, 5) is 22.0. The summed E-state index contributed by atoms with van der Waals surface area (Å²) in [5.41, 5.74) is 0.947. The Bertz CT molecular complexity index is 433. The molecule has 1 aromatic carbocycles. The molecule has 0 atom stereocenters. The van der Waals surface area contributed by atoms with E-state index in [1.54, 1.807) is 0 Å². The lowest BCUT2D eigenvalue weighted by Gasteiger charge is -2.16. The van der Waals surface area contributed by atoms with Gasteiger partial charge in [0.15, 0.2) is 0 Å². The highest BCUT2D eigenvalue weighted by Crippen LogP contribution is 2.27. The summed E-state index contributed by atoms with van der Waals surface area (Å²) in [5, 5.41) is 18.0. The molecule has 0 fully saturated rings. The highest BCUT2D eigenvalue weighted by Gasteiger charge is 2.18. The lowest BCUT2D eigenvalue weighted by atomic mass is 9.89. The molecule has 0 saturated heterocycles. The minimum absolute atomic E-state index is 0.0837. The van der Waals surface area contributed by atoms with Gasteiger partial charge in [-0.2, -0.15) is 0 Å². The fraction of sp³-hybridized carbons (Fsp3) is 0.385. The van der Waals surface area contributed by atoms with Crippen LogP contribution < -0.4 is 0 Å². The van der Waals surface area contributed by atoms with Crippen molar-refractivity contribution in [3.05, 3.63) is 34.9 Å². The van der Waals surface area contributed by atoms with E-state index in [1.165, 1.54) is 18.2 Å². The van der Waals surface area contributed by atoms with E-state index in [4.69, 9.17) is 10.2 Å². The summed E-state index contributed by atoms with van der Waals surface area (Å²) in [6.07, 6.45) is 1.58. The smallest absolute Gasteiger partial charge is 0.335 e. The molecule has 0 radical (unpaired) electrons. The van der Waals surface area contributed by atoms with Crippen LogP contribution in [-0.4, -0.2) is 22.2 Å². The minimum Gasteiger partial charge on any atom is -0.478 e. The first-order chi connectivity index (χ1) is 8.01. The van der Waals surface area contributed by atoms with Gasteiger partial charge in [0, 0.05) is 0 Å². The molecule has 0 aliphatic rings. The van der Waals surface area contributed by atoms with Crippen LogP contribution in [0.4, 0.5) is 0 Å². The van der Waals surface area contributed by atoms with E-state index in [1.807, 2.05) is 13.8 Å². The van der Waals surface area contributed by atoms with E-state index in [0.717, 1.165) is 12.8 Å². The lowest BCUT2D eigenvalue weighted by molar-refractivity contribution is 0.0679. The molecule has 4 nitrogen and oxygen atoms in total. The number of carboxylic acids is 2. The Kier molecular flexibility index (Phi) is 4.26. The Labute approximate surface area is 99.9 Å². The van der Waals surface area contributed by atoms with Crippen molar-refractivity contribution in [3.63, 3.8) is 0 Å². The second kappa shape index (κ2) is 5.48. The number of carbonyl (C=O) groups is 2. The normalized spacial score (nSPS) is 10.5. The summed E-state index contributed by atoms with van der Waals surface area (Å²) < 4.78 is 0. The van der Waals surface area contributed by atoms with Gasteiger partial charge in [0.1, 0.15) is 0 Å². The Morgan fingerprint density at radius 1 is 1.12 bits per heavy atom. The van der Waals surface area contributed by atoms with Crippen molar-refractivity contribution in [3.8, 4) is 0 Å². The second-order valence-corrected chi connectivity index (χ2v) is 3.93. The van der Waals surface area contributed by atoms with Crippen LogP contribution in [0.25, 0.3) is 0 Å². The molecule has 4 heteroatoms. The molecule has 1 rings (SSSR count). The molecule has 0 heterocycles. The summed E-state index contributed by atoms with van der Waals surface area (Å²) >= 11 is 0. The molecular formula is C13H16O4. The maximum absolute atomic E-state index is 11.1. The van der Waals surface area contributed by atoms with Crippen LogP contribution in [0, 0.1) is 0 Å². The van der Waals surface area contributed by atoms with E-state index in [0.29, 0.717) is 5.56 Å². The zero-order chi connectivity index (χ0) is 13.0. The van der Waals surface area contributed by atoms with Gasteiger partial charge < -0.3 is 10.2 Å². The summed E-state index contributed by atoms with van der Waals surface area (Å²) in [5.74, 6) is -1.96. The third-order valence-corrected chi connectivity index (χ3v) is 2.95. The topological polar surface area (TPSA) is 74.6 Å². The fourth-order valence-electron chi connectivity index (χ4n) is 1.96. The molecule has 0 spiro atoms. The fourth-order valence-corrected chi connectivity index (χ4v) is 1.96. The Morgan fingerprint density at radius 3 is 2.12 bits per heavy atom. The van der Waals surface area contributed by atoms with Gasteiger partial charge in [-0.3, -0.25) is 0 Å². The third kappa shape index (κ3) is 2.84. The minimum atomic E-state index is -1.03. The van der Waals surface area contributed by atoms with Crippen LogP contribution in [-0.2, 0) is 0 Å². The van der Waals surface area contributed by atoms with E-state index in [2.05, 4.69) is 0 Å². The van der Waals surface area contributed by atoms with Crippen molar-refractivity contribution in [2.45, 2.75) is 32.6 Å². The highest BCUT2D eigenvalue weighted by molar-refractivity contribution is 5.93. The zero-order valence-corrected chi connectivity index (χ0v) is 9.93. The van der Waals surface area contributed by atoms with Gasteiger partial charge in [0.2, 0.25) is 0 Å². The Hall–Kier alpha value is -1.84. The molecule has 0 bridgehead atoms. The standard InChI is InChI=1S/C13H16O4/c1-3-8(4-2)11-7-9(12(14)15)5-6-10(11)13(16)17/h5-8H,3-4H2,1-2H3,(H,14,15)(H,16,17). The molecule has 0 saturated carbocycles. The SMILES string of the molecule is CCC(CC)c1cc(C(=O)O)ccc1C(=O)O. The van der Waals surface area contributed by atoms with Gasteiger partial charge >= 0.3 is 11.9 Å². The van der Waals surface area contributed by atoms with Gasteiger partial charge in [-0.1, -0.05) is 13.8 Å². The summed E-state index contributed by atoms with van der Waals surface area (Å²) in [6, 6.07) is 4.18. The molecule has 0 aliphatic heterocycles. The number of aromatic carboxylic acids is 2. The van der Waals surface area contributed by atoms with E-state index < -0.39 is 11.9 Å². The molecule has 0 unspecified atom stereocenters. The third-order valence-electron chi connectivity index (χ3n) is 2.95. The molecule has 0 aromatic heterocycles. The number of benzene rings is 1. The molecule has 0 aliphatic carbocycles. The average Bonchev–Trinajstić information content (AvgIpc) is 2.30. The quantitative estimate of drug-likeness (QED) is 0.824. The first kappa shape index (κ1) is 13.2. The Morgan fingerprint density at radius 2 is 1.71 bits per heavy atom. The second-order valence-electron chi connectivity index (χ2n) is 3.93. The van der Waals surface area contributed by atoms with Crippen LogP contribution in [0.5, 0.6) is 0 Å². The zero-order valence-electron chi connectivity index (χ0n) is 9.93. The highest BCUT2D eigenvalue weighted by atomic mass is 16.4. The molecular weight excluding hydrogens is 220 g/mol. The van der Waals surface area contributed by atoms with Crippen LogP contribution >= 0.6 is 0 Å². The van der Waals surface area contributed by atoms with Crippen molar-refractivity contribution in [1.29, 1.82) is 0 Å². The number of hydrogen-bond acceptors (Lipinski definition) is 2. The van der Waals surface area contributed by atoms with E-state index in [-0.39, 0.29) is 17.0 Å². The van der Waals surface area contributed by atoms with Crippen LogP contribution in [0.3, 0.4) is 0 Å². The lowest BCUT2D eigenvalue weighted by Crippen LogP contribution is -2.09. The van der Waals surface area contributed by atoms with Gasteiger partial charge in [-0.25, -0.2) is 9.59 Å². The van der Waals surface area contributed by atoms with Crippen molar-refractivity contribution in [1.82, 2.24) is 0 Å². The molecule has 92 valence electrons. The van der Waals surface area contributed by atoms with Crippen LogP contribution in [0.2, 0.25) is 0 Å². The number of rotatable bonds is 5. The number of carboxylic acid groups (broad SMARTS) is 2. The first-order valence-electron chi connectivity index (χ1n) is 5.61. The maximum Gasteiger partial charge on any atom is 0.335 e. The monoisotopic (exact) mass is 236 g/mol. The van der Waals surface area contributed by atoms with Crippen molar-refractivity contribution >= 4 is 11.9 Å². The summed E-state index contributed by atoms with van der Waals surface area (Å²) in [6.45, 7) is 3.93. The van der Waals surface area contributed by atoms with Gasteiger partial charge in [-0.15, -0.1) is 0 Å². The van der Waals surface area contributed by atoms with Gasteiger partial charge in [0.05, 0.1) is 11.1 Å². The molecule has 1 aromatic rings. The first-order valence-corrected chi connectivity index (χ1v) is 5.61. The van der Waals surface area contributed by atoms with Crippen molar-refractivity contribution < 1.29 is 19.8 Å². The van der Waals surface area contributed by atoms with Crippen molar-refractivity contribution in [2.75, 3.05) is 0 Å². The predicted molar refractivity (Wildman–Crippen MR) is 63.7 cm³/mol. The predicted octanol–water partition coefficient (Wildman–Crippen LogP) is 2.99. The average molecular weight is 236 g/mol. The van der Waals surface area contributed by atoms with Crippen LogP contribution in [0.1, 0.15) is 58.9 Å². The molecule has 2 N–H and O–H groups in total. The molecule has 17 heavy (non-hydrogen) atoms. The Balaban J connectivity index is 3.34. The van der Waals surface area contributed by atoms with Crippen LogP contribution in [0.15, 0.2) is 18.2 Å². The van der Waals surface area contributed by atoms with Gasteiger partial charge in [0.25, 0.3) is 0 Å². The van der Waals surface area contributed by atoms with E-state index >= 15 is 0 Å². The number of hydrogen-bond donors (Lipinski definition) is 2.